The third-order valence-electron chi connectivity index (χ3n) is 5.68. The number of anilines is 1. The lowest BCUT2D eigenvalue weighted by Gasteiger charge is -2.34. The smallest absolute Gasteiger partial charge is 0.305 e. The molecule has 2 aliphatic rings. The maximum absolute atomic E-state index is 13.4. The van der Waals surface area contributed by atoms with E-state index in [0.717, 1.165) is 31.2 Å². The van der Waals surface area contributed by atoms with E-state index in [-0.39, 0.29) is 30.8 Å². The van der Waals surface area contributed by atoms with Crippen molar-refractivity contribution in [2.24, 2.45) is 0 Å². The zero-order valence-corrected chi connectivity index (χ0v) is 17.9. The van der Waals surface area contributed by atoms with Crippen molar-refractivity contribution < 1.29 is 19.5 Å². The summed E-state index contributed by atoms with van der Waals surface area (Å²) in [5.74, 6) is -1.64. The molecule has 1 atom stereocenters. The molecule has 9 heteroatoms. The highest BCUT2D eigenvalue weighted by atomic mass is 35.5. The van der Waals surface area contributed by atoms with E-state index < -0.39 is 18.4 Å². The van der Waals surface area contributed by atoms with Gasteiger partial charge in [-0.15, -0.1) is 11.3 Å². The number of benzene rings is 1. The number of halogens is 1. The third-order valence-corrected chi connectivity index (χ3v) is 6.88. The van der Waals surface area contributed by atoms with Gasteiger partial charge in [-0.25, -0.2) is 4.98 Å². The van der Waals surface area contributed by atoms with Crippen molar-refractivity contribution in [3.8, 4) is 11.3 Å². The van der Waals surface area contributed by atoms with Gasteiger partial charge in [0.25, 0.3) is 5.91 Å². The number of aromatic nitrogens is 1. The molecule has 1 saturated carbocycles. The predicted octanol–water partition coefficient (Wildman–Crippen LogP) is 3.81. The summed E-state index contributed by atoms with van der Waals surface area (Å²) in [6.45, 7) is 0.187. The number of nitrogens with zero attached hydrogens (tertiary/aromatic N) is 3. The summed E-state index contributed by atoms with van der Waals surface area (Å²) >= 11 is 7.55. The number of carbonyl (C=O) groups is 3. The van der Waals surface area contributed by atoms with Crippen LogP contribution in [0.5, 0.6) is 0 Å². The van der Waals surface area contributed by atoms with Crippen LogP contribution in [-0.2, 0) is 14.4 Å². The van der Waals surface area contributed by atoms with Crippen LogP contribution in [0, 0.1) is 0 Å². The number of thiazole rings is 1. The number of rotatable bonds is 5. The van der Waals surface area contributed by atoms with Crippen LogP contribution in [0.2, 0.25) is 5.02 Å². The summed E-state index contributed by atoms with van der Waals surface area (Å²) in [7, 11) is 0. The van der Waals surface area contributed by atoms with Crippen LogP contribution in [0.25, 0.3) is 11.3 Å². The molecule has 2 heterocycles. The Bertz CT molecular complexity index is 973. The number of carboxylic acids is 1. The first-order chi connectivity index (χ1) is 14.5. The largest absolute Gasteiger partial charge is 0.481 e. The first-order valence-electron chi connectivity index (χ1n) is 10.0. The lowest BCUT2D eigenvalue weighted by Crippen LogP contribution is -2.52. The topological polar surface area (TPSA) is 90.8 Å². The Hall–Kier alpha value is -2.45. The molecule has 158 valence electrons. The average molecular weight is 448 g/mol. The third kappa shape index (κ3) is 4.06. The van der Waals surface area contributed by atoms with Gasteiger partial charge in [-0.2, -0.15) is 0 Å². The highest BCUT2D eigenvalue weighted by molar-refractivity contribution is 7.14. The van der Waals surface area contributed by atoms with E-state index in [1.165, 1.54) is 16.2 Å². The van der Waals surface area contributed by atoms with Gasteiger partial charge in [0.15, 0.2) is 5.13 Å². The Morgan fingerprint density at radius 1 is 1.23 bits per heavy atom. The van der Waals surface area contributed by atoms with Crippen molar-refractivity contribution in [3.63, 3.8) is 0 Å². The van der Waals surface area contributed by atoms with Crippen LogP contribution in [0.4, 0.5) is 5.13 Å². The molecule has 4 rings (SSSR count). The summed E-state index contributed by atoms with van der Waals surface area (Å²) in [5.41, 5.74) is 1.40. The first kappa shape index (κ1) is 20.8. The zero-order valence-electron chi connectivity index (χ0n) is 16.3. The van der Waals surface area contributed by atoms with Gasteiger partial charge in [0, 0.05) is 35.0 Å². The molecule has 1 saturated heterocycles. The van der Waals surface area contributed by atoms with Crippen LogP contribution in [0.1, 0.15) is 38.5 Å². The zero-order chi connectivity index (χ0) is 21.3. The van der Waals surface area contributed by atoms with Crippen LogP contribution in [0.3, 0.4) is 0 Å². The second kappa shape index (κ2) is 8.73. The molecule has 0 radical (unpaired) electrons. The Labute approximate surface area is 183 Å². The highest BCUT2D eigenvalue weighted by Gasteiger charge is 2.42. The molecule has 1 N–H and O–H groups in total. The molecule has 0 bridgehead atoms. The maximum atomic E-state index is 13.4. The van der Waals surface area contributed by atoms with Gasteiger partial charge < -0.3 is 10.0 Å². The van der Waals surface area contributed by atoms with Gasteiger partial charge in [0.05, 0.1) is 12.1 Å². The Morgan fingerprint density at radius 2 is 1.97 bits per heavy atom. The standard InChI is InChI=1S/C21H22ClN3O4S/c22-15-8-4-3-7-14(15)16-12-30-21(23-16)24-10-9-18(26)25(13-5-1-2-6-13)17(20(24)29)11-19(27)28/h3-4,7-8,12-13,17H,1-2,5-6,9-11H2,(H,27,28)/t17-/m1/s1. The fourth-order valence-electron chi connectivity index (χ4n) is 4.28. The normalized spacial score (nSPS) is 20.6. The van der Waals surface area contributed by atoms with Crippen LogP contribution < -0.4 is 4.90 Å². The second-order valence-corrected chi connectivity index (χ2v) is 8.83. The van der Waals surface area contributed by atoms with Gasteiger partial charge in [-0.3, -0.25) is 19.3 Å². The van der Waals surface area contributed by atoms with E-state index in [9.17, 15) is 19.5 Å². The van der Waals surface area contributed by atoms with E-state index >= 15 is 0 Å². The second-order valence-electron chi connectivity index (χ2n) is 7.59. The SMILES string of the molecule is O=C(O)C[C@@H]1C(=O)N(c2nc(-c3ccccc3Cl)cs2)CCC(=O)N1C1CCCC1. The fourth-order valence-corrected chi connectivity index (χ4v) is 5.37. The quantitative estimate of drug-likeness (QED) is 0.752. The minimum Gasteiger partial charge on any atom is -0.481 e. The average Bonchev–Trinajstić information content (AvgIpc) is 3.38. The van der Waals surface area contributed by atoms with Gasteiger partial charge in [-0.05, 0) is 18.9 Å². The van der Waals surface area contributed by atoms with Crippen molar-refractivity contribution in [2.75, 3.05) is 11.4 Å². The molecule has 1 aromatic heterocycles. The minimum atomic E-state index is -1.10. The maximum Gasteiger partial charge on any atom is 0.305 e. The molecule has 2 aromatic rings. The highest BCUT2D eigenvalue weighted by Crippen LogP contribution is 2.34. The summed E-state index contributed by atoms with van der Waals surface area (Å²) < 4.78 is 0. The molecule has 1 aliphatic heterocycles. The lowest BCUT2D eigenvalue weighted by molar-refractivity contribution is -0.146. The first-order valence-corrected chi connectivity index (χ1v) is 11.3. The van der Waals surface area contributed by atoms with Crippen molar-refractivity contribution in [1.29, 1.82) is 0 Å². The van der Waals surface area contributed by atoms with E-state index in [1.807, 2.05) is 23.6 Å². The molecule has 2 amide bonds. The molecule has 0 spiro atoms. The lowest BCUT2D eigenvalue weighted by atomic mass is 10.1. The molecule has 1 aromatic carbocycles. The fraction of sp³-hybridized carbons (Fsp3) is 0.429. The predicted molar refractivity (Wildman–Crippen MR) is 115 cm³/mol. The number of hydrogen-bond acceptors (Lipinski definition) is 5. The van der Waals surface area contributed by atoms with Crippen molar-refractivity contribution in [3.05, 3.63) is 34.7 Å². The molecule has 0 unspecified atom stereocenters. The van der Waals surface area contributed by atoms with E-state index in [4.69, 9.17) is 11.6 Å². The van der Waals surface area contributed by atoms with E-state index in [1.54, 1.807) is 11.0 Å². The molecule has 30 heavy (non-hydrogen) atoms. The monoisotopic (exact) mass is 447 g/mol. The van der Waals surface area contributed by atoms with Crippen molar-refractivity contribution >= 4 is 45.9 Å². The van der Waals surface area contributed by atoms with Gasteiger partial charge in [0.1, 0.15) is 6.04 Å². The molecule has 7 nitrogen and oxygen atoms in total. The van der Waals surface area contributed by atoms with Gasteiger partial charge in [-0.1, -0.05) is 42.6 Å². The number of aliphatic carboxylic acids is 1. The van der Waals surface area contributed by atoms with Crippen molar-refractivity contribution in [2.45, 2.75) is 50.6 Å². The summed E-state index contributed by atoms with van der Waals surface area (Å²) in [5, 5.41) is 12.3. The van der Waals surface area contributed by atoms with Gasteiger partial charge in [0.2, 0.25) is 5.91 Å². The van der Waals surface area contributed by atoms with Crippen LogP contribution in [-0.4, -0.2) is 51.4 Å². The summed E-state index contributed by atoms with van der Waals surface area (Å²) in [6.07, 6.45) is 3.34. The van der Waals surface area contributed by atoms with Crippen molar-refractivity contribution in [1.82, 2.24) is 9.88 Å². The Kier molecular flexibility index (Phi) is 6.06. The number of carboxylic acid groups (broad SMARTS) is 1. The Morgan fingerprint density at radius 3 is 2.67 bits per heavy atom. The number of carbonyl (C=O) groups excluding carboxylic acids is 2. The molecule has 1 aliphatic carbocycles. The van der Waals surface area contributed by atoms with Gasteiger partial charge >= 0.3 is 5.97 Å². The summed E-state index contributed by atoms with van der Waals surface area (Å²) in [4.78, 5) is 45.4. The molecular formula is C21H22ClN3O4S. The number of hydrogen-bond donors (Lipinski definition) is 1. The number of amides is 2. The summed E-state index contributed by atoms with van der Waals surface area (Å²) in [6, 6.07) is 6.24. The van der Waals surface area contributed by atoms with E-state index in [0.29, 0.717) is 15.8 Å². The van der Waals surface area contributed by atoms with Crippen LogP contribution in [0.15, 0.2) is 29.6 Å². The minimum absolute atomic E-state index is 0.0688. The van der Waals surface area contributed by atoms with Crippen LogP contribution >= 0.6 is 22.9 Å². The van der Waals surface area contributed by atoms with E-state index in [2.05, 4.69) is 4.98 Å². The molecule has 2 fully saturated rings. The molecular weight excluding hydrogens is 426 g/mol. The Balaban J connectivity index is 1.66.